The first-order valence-corrected chi connectivity index (χ1v) is 7.34. The molecule has 0 saturated carbocycles. The Kier molecular flexibility index (Phi) is 3.85. The molecule has 2 fully saturated rings. The predicted octanol–water partition coefficient (Wildman–Crippen LogP) is 3.03. The van der Waals surface area contributed by atoms with Gasteiger partial charge >= 0.3 is 0 Å². The summed E-state index contributed by atoms with van der Waals surface area (Å²) in [5.41, 5.74) is 1.03. The van der Waals surface area contributed by atoms with Gasteiger partial charge in [-0.2, -0.15) is 0 Å². The smallest absolute Gasteiger partial charge is 0.184 e. The summed E-state index contributed by atoms with van der Waals surface area (Å²) >= 11 is 4.49. The topological polar surface area (TPSA) is 27.7 Å². The lowest BCUT2D eigenvalue weighted by molar-refractivity contribution is -0.300. The predicted molar refractivity (Wildman–Crippen MR) is 76.0 cm³/mol. The van der Waals surface area contributed by atoms with Crippen molar-refractivity contribution in [2.75, 3.05) is 6.61 Å². The SMILES string of the molecule is CC1[C@H](S)OC2COC(c3ccccc3)O[C@H]2[C@@H]1C. The molecule has 104 valence electrons. The Hall–Kier alpha value is -0.550. The van der Waals surface area contributed by atoms with Crippen LogP contribution >= 0.6 is 12.6 Å². The van der Waals surface area contributed by atoms with Crippen LogP contribution in [0.5, 0.6) is 0 Å². The lowest BCUT2D eigenvalue weighted by atomic mass is 9.85. The van der Waals surface area contributed by atoms with Gasteiger partial charge < -0.3 is 14.2 Å². The van der Waals surface area contributed by atoms with Gasteiger partial charge in [0.05, 0.1) is 12.7 Å². The average molecular weight is 280 g/mol. The molecule has 3 rings (SSSR count). The largest absolute Gasteiger partial charge is 0.359 e. The molecule has 3 unspecified atom stereocenters. The highest BCUT2D eigenvalue weighted by Gasteiger charge is 2.45. The fourth-order valence-electron chi connectivity index (χ4n) is 2.77. The molecule has 1 aromatic carbocycles. The van der Waals surface area contributed by atoms with Crippen LogP contribution in [0.25, 0.3) is 0 Å². The highest BCUT2D eigenvalue weighted by molar-refractivity contribution is 7.80. The Labute approximate surface area is 119 Å². The third-order valence-electron chi connectivity index (χ3n) is 4.24. The molecule has 0 amide bonds. The molecule has 0 aliphatic carbocycles. The van der Waals surface area contributed by atoms with Gasteiger partial charge in [-0.25, -0.2) is 0 Å². The normalized spacial score (nSPS) is 42.7. The first-order valence-electron chi connectivity index (χ1n) is 6.82. The number of thiol groups is 1. The van der Waals surface area contributed by atoms with Crippen LogP contribution in [0.1, 0.15) is 25.7 Å². The van der Waals surface area contributed by atoms with E-state index in [2.05, 4.69) is 26.5 Å². The van der Waals surface area contributed by atoms with Crippen LogP contribution in [0.4, 0.5) is 0 Å². The Morgan fingerprint density at radius 3 is 2.53 bits per heavy atom. The summed E-state index contributed by atoms with van der Waals surface area (Å²) in [7, 11) is 0. The molecule has 1 aromatic rings. The second-order valence-electron chi connectivity index (χ2n) is 5.46. The highest BCUT2D eigenvalue weighted by atomic mass is 32.1. The van der Waals surface area contributed by atoms with Crippen molar-refractivity contribution in [3.8, 4) is 0 Å². The lowest BCUT2D eigenvalue weighted by Crippen LogP contribution is -2.53. The molecule has 3 nitrogen and oxygen atoms in total. The van der Waals surface area contributed by atoms with Crippen molar-refractivity contribution >= 4 is 12.6 Å². The van der Waals surface area contributed by atoms with Crippen LogP contribution in [0, 0.1) is 11.8 Å². The van der Waals surface area contributed by atoms with Crippen molar-refractivity contribution in [3.05, 3.63) is 35.9 Å². The third kappa shape index (κ3) is 2.55. The fourth-order valence-corrected chi connectivity index (χ4v) is 3.20. The number of benzene rings is 1. The van der Waals surface area contributed by atoms with Gasteiger partial charge in [0.15, 0.2) is 6.29 Å². The summed E-state index contributed by atoms with van der Waals surface area (Å²) in [6, 6.07) is 10.1. The summed E-state index contributed by atoms with van der Waals surface area (Å²) in [6.45, 7) is 4.94. The van der Waals surface area contributed by atoms with Crippen LogP contribution in [0.3, 0.4) is 0 Å². The monoisotopic (exact) mass is 280 g/mol. The zero-order chi connectivity index (χ0) is 13.4. The van der Waals surface area contributed by atoms with Gasteiger partial charge in [-0.3, -0.25) is 0 Å². The van der Waals surface area contributed by atoms with E-state index in [9.17, 15) is 0 Å². The molecule has 2 heterocycles. The van der Waals surface area contributed by atoms with Crippen molar-refractivity contribution in [2.45, 2.75) is 37.8 Å². The summed E-state index contributed by atoms with van der Waals surface area (Å²) in [4.78, 5) is 0. The van der Waals surface area contributed by atoms with Crippen LogP contribution < -0.4 is 0 Å². The Bertz CT molecular complexity index is 423. The number of ether oxygens (including phenoxy) is 3. The van der Waals surface area contributed by atoms with Crippen LogP contribution in [-0.4, -0.2) is 24.3 Å². The van der Waals surface area contributed by atoms with Crippen molar-refractivity contribution in [3.63, 3.8) is 0 Å². The van der Waals surface area contributed by atoms with Crippen LogP contribution in [-0.2, 0) is 14.2 Å². The summed E-state index contributed by atoms with van der Waals surface area (Å²) in [5, 5.41) is 0. The number of rotatable bonds is 1. The van der Waals surface area contributed by atoms with E-state index in [1.165, 1.54) is 0 Å². The molecule has 6 atom stereocenters. The van der Waals surface area contributed by atoms with E-state index < -0.39 is 0 Å². The quantitative estimate of drug-likeness (QED) is 0.801. The Balaban J connectivity index is 1.75. The van der Waals surface area contributed by atoms with E-state index in [0.717, 1.165) is 5.56 Å². The molecule has 0 spiro atoms. The molecular weight excluding hydrogens is 260 g/mol. The molecule has 2 aliphatic rings. The maximum absolute atomic E-state index is 6.13. The zero-order valence-electron chi connectivity index (χ0n) is 11.2. The average Bonchev–Trinajstić information content (AvgIpc) is 2.46. The maximum Gasteiger partial charge on any atom is 0.184 e. The second kappa shape index (κ2) is 5.44. The van der Waals surface area contributed by atoms with Crippen LogP contribution in [0.2, 0.25) is 0 Å². The van der Waals surface area contributed by atoms with Crippen molar-refractivity contribution in [2.24, 2.45) is 11.8 Å². The first kappa shape index (κ1) is 13.4. The van der Waals surface area contributed by atoms with Crippen LogP contribution in [0.15, 0.2) is 30.3 Å². The second-order valence-corrected chi connectivity index (χ2v) is 5.97. The fraction of sp³-hybridized carbons (Fsp3) is 0.600. The minimum absolute atomic E-state index is 0.00587. The zero-order valence-corrected chi connectivity index (χ0v) is 12.1. The highest BCUT2D eigenvalue weighted by Crippen LogP contribution is 2.39. The van der Waals surface area contributed by atoms with E-state index in [1.54, 1.807) is 0 Å². The van der Waals surface area contributed by atoms with Gasteiger partial charge in [0.2, 0.25) is 0 Å². The van der Waals surface area contributed by atoms with Crippen molar-refractivity contribution < 1.29 is 14.2 Å². The van der Waals surface area contributed by atoms with E-state index >= 15 is 0 Å². The molecule has 0 aromatic heterocycles. The Morgan fingerprint density at radius 1 is 1.05 bits per heavy atom. The van der Waals surface area contributed by atoms with E-state index in [1.807, 2.05) is 30.3 Å². The summed E-state index contributed by atoms with van der Waals surface area (Å²) in [5.74, 6) is 0.787. The molecule has 0 bridgehead atoms. The minimum Gasteiger partial charge on any atom is -0.359 e. The standard InChI is InChI=1S/C15H20O3S/c1-9-10(2)15(19)17-12-8-16-14(18-13(9)12)11-6-4-3-5-7-11/h3-7,9-10,12-15,19H,8H2,1-2H3/t9-,10?,12?,13+,14?,15+/m1/s1. The third-order valence-corrected chi connectivity index (χ3v) is 4.83. The van der Waals surface area contributed by atoms with Gasteiger partial charge in [0.1, 0.15) is 11.5 Å². The van der Waals surface area contributed by atoms with Gasteiger partial charge in [-0.05, 0) is 11.8 Å². The molecule has 0 radical (unpaired) electrons. The molecule has 19 heavy (non-hydrogen) atoms. The summed E-state index contributed by atoms with van der Waals surface area (Å²) < 4.78 is 17.8. The van der Waals surface area contributed by atoms with Crippen molar-refractivity contribution in [1.29, 1.82) is 0 Å². The number of hydrogen-bond donors (Lipinski definition) is 1. The summed E-state index contributed by atoms with van der Waals surface area (Å²) in [6.07, 6.45) is -0.205. The first-order chi connectivity index (χ1) is 9.16. The molecular formula is C15H20O3S. The molecule has 0 N–H and O–H groups in total. The molecule has 2 aliphatic heterocycles. The number of fused-ring (bicyclic) bond motifs is 1. The maximum atomic E-state index is 6.13. The van der Waals surface area contributed by atoms with Crippen molar-refractivity contribution in [1.82, 2.24) is 0 Å². The van der Waals surface area contributed by atoms with E-state index in [0.29, 0.717) is 18.4 Å². The van der Waals surface area contributed by atoms with Gasteiger partial charge in [-0.15, -0.1) is 12.6 Å². The minimum atomic E-state index is -0.280. The van der Waals surface area contributed by atoms with E-state index in [-0.39, 0.29) is 23.9 Å². The number of hydrogen-bond acceptors (Lipinski definition) is 4. The lowest BCUT2D eigenvalue weighted by Gasteiger charge is -2.47. The molecule has 4 heteroatoms. The van der Waals surface area contributed by atoms with E-state index in [4.69, 9.17) is 14.2 Å². The van der Waals surface area contributed by atoms with Gasteiger partial charge in [-0.1, -0.05) is 44.2 Å². The van der Waals surface area contributed by atoms with Gasteiger partial charge in [0.25, 0.3) is 0 Å². The van der Waals surface area contributed by atoms with Gasteiger partial charge in [0, 0.05) is 5.56 Å². The Morgan fingerprint density at radius 2 is 1.79 bits per heavy atom. The molecule has 2 saturated heterocycles.